The van der Waals surface area contributed by atoms with Gasteiger partial charge in [0.25, 0.3) is 0 Å². The molecule has 0 aliphatic heterocycles. The molecule has 0 aliphatic rings. The zero-order valence-corrected chi connectivity index (χ0v) is 8.84. The molecular formula is C10H17NSi. The highest BCUT2D eigenvalue weighted by Gasteiger charge is 2.23. The summed E-state index contributed by atoms with van der Waals surface area (Å²) in [5.41, 5.74) is 4.11. The largest absolute Gasteiger partial charge is 0.198 e. The maximum absolute atomic E-state index is 8.49. The van der Waals surface area contributed by atoms with Crippen molar-refractivity contribution in [1.29, 1.82) is 5.26 Å². The fourth-order valence-corrected chi connectivity index (χ4v) is 4.11. The Morgan fingerprint density at radius 2 is 1.92 bits per heavy atom. The predicted octanol–water partition coefficient (Wildman–Crippen LogP) is 3.21. The monoisotopic (exact) mass is 179 g/mol. The molecule has 0 heterocycles. The van der Waals surface area contributed by atoms with Gasteiger partial charge in [0.1, 0.15) is 8.07 Å². The first kappa shape index (κ1) is 11.2. The molecule has 0 aliphatic carbocycles. The van der Waals surface area contributed by atoms with Crippen LogP contribution in [0.1, 0.15) is 19.8 Å². The summed E-state index contributed by atoms with van der Waals surface area (Å²) < 4.78 is 0. The highest BCUT2D eigenvalue weighted by molar-refractivity contribution is 6.88. The molecule has 0 fully saturated rings. The summed E-state index contributed by atoms with van der Waals surface area (Å²) in [6.07, 6.45) is 1.81. The Kier molecular flexibility index (Phi) is 5.40. The number of hydrogen-bond donors (Lipinski definition) is 0. The summed E-state index contributed by atoms with van der Waals surface area (Å²) in [7, 11) is -1.46. The first-order chi connectivity index (χ1) is 5.74. The van der Waals surface area contributed by atoms with Crippen molar-refractivity contribution >= 4 is 8.07 Å². The van der Waals surface area contributed by atoms with E-state index in [0.29, 0.717) is 6.42 Å². The van der Waals surface area contributed by atoms with Gasteiger partial charge in [-0.3, -0.25) is 0 Å². The number of hydrogen-bond acceptors (Lipinski definition) is 1. The lowest BCUT2D eigenvalue weighted by molar-refractivity contribution is 1.03. The van der Waals surface area contributed by atoms with E-state index in [-0.39, 0.29) is 0 Å². The van der Waals surface area contributed by atoms with E-state index < -0.39 is 8.07 Å². The summed E-state index contributed by atoms with van der Waals surface area (Å²) in [5, 5.41) is 8.49. The van der Waals surface area contributed by atoms with E-state index in [2.05, 4.69) is 37.5 Å². The zero-order chi connectivity index (χ0) is 9.45. The van der Waals surface area contributed by atoms with Crippen molar-refractivity contribution in [2.24, 2.45) is 0 Å². The molecule has 0 aromatic carbocycles. The van der Waals surface area contributed by atoms with Crippen LogP contribution in [0.2, 0.25) is 12.1 Å². The Bertz CT molecular complexity index is 183. The van der Waals surface area contributed by atoms with Gasteiger partial charge in [0, 0.05) is 6.42 Å². The van der Waals surface area contributed by atoms with E-state index in [0.717, 1.165) is 12.5 Å². The smallest absolute Gasteiger partial charge is 0.101 e. The van der Waals surface area contributed by atoms with Gasteiger partial charge in [-0.05, 0) is 6.04 Å². The van der Waals surface area contributed by atoms with Crippen molar-refractivity contribution < 1.29 is 0 Å². The summed E-state index contributed by atoms with van der Waals surface area (Å²) in [5.74, 6) is 0. The van der Waals surface area contributed by atoms with Gasteiger partial charge in [0.05, 0.1) is 6.07 Å². The number of nitrogens with zero attached hydrogens (tertiary/aromatic N) is 1. The summed E-state index contributed by atoms with van der Waals surface area (Å²) >= 11 is 0. The standard InChI is InChI=1S/C10H17NSi/c1-4-9-12(5-2,6-3)10-7-8-11/h5-6H,2-4,7,9-10H2,1H3. The molecule has 0 aromatic rings. The topological polar surface area (TPSA) is 23.8 Å². The second-order valence-corrected chi connectivity index (χ2v) is 7.33. The Balaban J connectivity index is 4.25. The van der Waals surface area contributed by atoms with Gasteiger partial charge in [0.2, 0.25) is 0 Å². The molecule has 0 saturated carbocycles. The van der Waals surface area contributed by atoms with E-state index in [1.165, 1.54) is 6.04 Å². The third-order valence-electron chi connectivity index (χ3n) is 2.23. The molecule has 0 atom stereocenters. The SMILES string of the molecule is C=C[Si](C=C)(CCC)CCC#N. The molecule has 0 radical (unpaired) electrons. The molecule has 2 heteroatoms. The average molecular weight is 179 g/mol. The quantitative estimate of drug-likeness (QED) is 0.574. The molecule has 0 rings (SSSR count). The van der Waals surface area contributed by atoms with Crippen LogP contribution < -0.4 is 0 Å². The van der Waals surface area contributed by atoms with Crippen molar-refractivity contribution in [3.05, 3.63) is 24.6 Å². The van der Waals surface area contributed by atoms with Crippen LogP contribution in [0.5, 0.6) is 0 Å². The van der Waals surface area contributed by atoms with Gasteiger partial charge < -0.3 is 0 Å². The molecule has 0 amide bonds. The number of rotatable bonds is 6. The third-order valence-corrected chi connectivity index (χ3v) is 6.47. The second-order valence-electron chi connectivity index (χ2n) is 3.05. The van der Waals surface area contributed by atoms with Crippen LogP contribution in [0.4, 0.5) is 0 Å². The zero-order valence-electron chi connectivity index (χ0n) is 7.84. The van der Waals surface area contributed by atoms with Crippen molar-refractivity contribution in [2.45, 2.75) is 31.9 Å². The van der Waals surface area contributed by atoms with Gasteiger partial charge in [-0.2, -0.15) is 5.26 Å². The molecule has 1 nitrogen and oxygen atoms in total. The third kappa shape index (κ3) is 3.06. The highest BCUT2D eigenvalue weighted by Crippen LogP contribution is 2.21. The summed E-state index contributed by atoms with van der Waals surface area (Å²) in [6, 6.07) is 4.36. The Morgan fingerprint density at radius 1 is 1.33 bits per heavy atom. The normalized spacial score (nSPS) is 10.3. The Morgan fingerprint density at radius 3 is 2.25 bits per heavy atom. The van der Waals surface area contributed by atoms with Crippen molar-refractivity contribution in [3.8, 4) is 6.07 Å². The van der Waals surface area contributed by atoms with Crippen molar-refractivity contribution in [3.63, 3.8) is 0 Å². The van der Waals surface area contributed by atoms with Crippen molar-refractivity contribution in [2.75, 3.05) is 0 Å². The Hall–Kier alpha value is -0.813. The van der Waals surface area contributed by atoms with Crippen LogP contribution in [0, 0.1) is 11.3 Å². The lowest BCUT2D eigenvalue weighted by Gasteiger charge is -2.21. The lowest BCUT2D eigenvalue weighted by Crippen LogP contribution is -2.28. The summed E-state index contributed by atoms with van der Waals surface area (Å²) in [6.45, 7) is 9.88. The van der Waals surface area contributed by atoms with Gasteiger partial charge in [-0.1, -0.05) is 30.8 Å². The van der Waals surface area contributed by atoms with Crippen LogP contribution in [0.15, 0.2) is 24.6 Å². The molecular weight excluding hydrogens is 162 g/mol. The van der Waals surface area contributed by atoms with E-state index >= 15 is 0 Å². The van der Waals surface area contributed by atoms with E-state index in [1.807, 2.05) is 0 Å². The fraction of sp³-hybridized carbons (Fsp3) is 0.500. The summed E-state index contributed by atoms with van der Waals surface area (Å²) in [4.78, 5) is 0. The van der Waals surface area contributed by atoms with Crippen LogP contribution in [0.3, 0.4) is 0 Å². The van der Waals surface area contributed by atoms with E-state index in [4.69, 9.17) is 5.26 Å². The Labute approximate surface area is 76.4 Å². The first-order valence-corrected chi connectivity index (χ1v) is 6.95. The maximum atomic E-state index is 8.49. The molecule has 0 aromatic heterocycles. The van der Waals surface area contributed by atoms with E-state index in [1.54, 1.807) is 0 Å². The van der Waals surface area contributed by atoms with E-state index in [9.17, 15) is 0 Å². The molecule has 66 valence electrons. The number of nitriles is 1. The second kappa shape index (κ2) is 5.79. The van der Waals surface area contributed by atoms with Crippen LogP contribution in [-0.4, -0.2) is 8.07 Å². The van der Waals surface area contributed by atoms with Crippen LogP contribution in [0.25, 0.3) is 0 Å². The lowest BCUT2D eigenvalue weighted by atomic mass is 10.5. The molecule has 0 bridgehead atoms. The molecule has 12 heavy (non-hydrogen) atoms. The van der Waals surface area contributed by atoms with Gasteiger partial charge in [-0.15, -0.1) is 13.2 Å². The highest BCUT2D eigenvalue weighted by atomic mass is 28.3. The first-order valence-electron chi connectivity index (χ1n) is 4.39. The molecule has 0 saturated heterocycles. The minimum absolute atomic E-state index is 0.643. The predicted molar refractivity (Wildman–Crippen MR) is 56.3 cm³/mol. The molecule has 0 N–H and O–H groups in total. The fourth-order valence-electron chi connectivity index (χ4n) is 1.37. The van der Waals surface area contributed by atoms with Crippen molar-refractivity contribution in [1.82, 2.24) is 0 Å². The minimum Gasteiger partial charge on any atom is -0.198 e. The van der Waals surface area contributed by atoms with Crippen LogP contribution in [-0.2, 0) is 0 Å². The van der Waals surface area contributed by atoms with Crippen LogP contribution >= 0.6 is 0 Å². The van der Waals surface area contributed by atoms with Gasteiger partial charge in [0.15, 0.2) is 0 Å². The minimum atomic E-state index is -1.46. The van der Waals surface area contributed by atoms with Gasteiger partial charge in [-0.25, -0.2) is 0 Å². The van der Waals surface area contributed by atoms with Gasteiger partial charge >= 0.3 is 0 Å². The maximum Gasteiger partial charge on any atom is 0.101 e. The molecule has 0 spiro atoms. The molecule has 0 unspecified atom stereocenters. The average Bonchev–Trinajstić information content (AvgIpc) is 2.13.